The third-order valence-electron chi connectivity index (χ3n) is 2.57. The summed E-state index contributed by atoms with van der Waals surface area (Å²) in [6.07, 6.45) is 2.18. The molecule has 2 heteroatoms. The van der Waals surface area contributed by atoms with Crippen molar-refractivity contribution in [1.82, 2.24) is 0 Å². The van der Waals surface area contributed by atoms with Crippen molar-refractivity contribution in [3.63, 3.8) is 0 Å². The fraction of sp³-hybridized carbons (Fsp3) is 0.500. The normalized spacial score (nSPS) is 12.5. The van der Waals surface area contributed by atoms with E-state index in [2.05, 4.69) is 19.1 Å². The van der Waals surface area contributed by atoms with Crippen molar-refractivity contribution in [2.75, 3.05) is 13.7 Å². The Morgan fingerprint density at radius 2 is 2.21 bits per heavy atom. The molecular weight excluding hydrogens is 174 g/mol. The fourth-order valence-electron chi connectivity index (χ4n) is 1.53. The average Bonchev–Trinajstić information content (AvgIpc) is 2.26. The molecule has 78 valence electrons. The molecule has 0 saturated carbocycles. The van der Waals surface area contributed by atoms with E-state index in [9.17, 15) is 0 Å². The zero-order valence-corrected chi connectivity index (χ0v) is 8.99. The van der Waals surface area contributed by atoms with Crippen LogP contribution < -0.4 is 10.5 Å². The van der Waals surface area contributed by atoms with Crippen LogP contribution in [0.2, 0.25) is 0 Å². The highest BCUT2D eigenvalue weighted by Crippen LogP contribution is 2.16. The molecule has 1 unspecified atom stereocenters. The second-order valence-electron chi connectivity index (χ2n) is 3.57. The molecule has 1 aromatic rings. The van der Waals surface area contributed by atoms with Crippen LogP contribution >= 0.6 is 0 Å². The van der Waals surface area contributed by atoms with Gasteiger partial charge in [-0.15, -0.1) is 0 Å². The number of nitrogens with two attached hydrogens (primary N) is 1. The summed E-state index contributed by atoms with van der Waals surface area (Å²) in [5.74, 6) is 1.51. The average molecular weight is 193 g/mol. The van der Waals surface area contributed by atoms with Crippen LogP contribution in [0.3, 0.4) is 0 Å². The van der Waals surface area contributed by atoms with Crippen LogP contribution in [0.4, 0.5) is 0 Å². The summed E-state index contributed by atoms with van der Waals surface area (Å²) in [6.45, 7) is 2.94. The van der Waals surface area contributed by atoms with Crippen molar-refractivity contribution in [2.45, 2.75) is 19.8 Å². The molecule has 0 aliphatic heterocycles. The minimum absolute atomic E-state index is 0.585. The maximum absolute atomic E-state index is 5.67. The molecule has 1 atom stereocenters. The molecule has 0 fully saturated rings. The van der Waals surface area contributed by atoms with Gasteiger partial charge in [0.15, 0.2) is 0 Å². The first-order valence-electron chi connectivity index (χ1n) is 5.13. The van der Waals surface area contributed by atoms with E-state index in [1.165, 1.54) is 5.56 Å². The standard InChI is InChI=1S/C12H19NO/c1-3-10(9-13)7-11-5-4-6-12(8-11)14-2/h4-6,8,10H,3,7,9,13H2,1-2H3. The number of rotatable bonds is 5. The maximum atomic E-state index is 5.67. The highest BCUT2D eigenvalue weighted by molar-refractivity contribution is 5.28. The molecular formula is C12H19NO. The van der Waals surface area contributed by atoms with Crippen molar-refractivity contribution >= 4 is 0 Å². The number of methoxy groups -OCH3 is 1. The summed E-state index contributed by atoms with van der Waals surface area (Å²) in [6, 6.07) is 8.20. The molecule has 0 heterocycles. The van der Waals surface area contributed by atoms with Gasteiger partial charge in [0, 0.05) is 0 Å². The predicted molar refractivity (Wildman–Crippen MR) is 59.5 cm³/mol. The molecule has 0 saturated heterocycles. The van der Waals surface area contributed by atoms with Crippen LogP contribution in [-0.4, -0.2) is 13.7 Å². The Morgan fingerprint density at radius 3 is 2.79 bits per heavy atom. The van der Waals surface area contributed by atoms with Crippen LogP contribution in [0.5, 0.6) is 5.75 Å². The summed E-state index contributed by atoms with van der Waals surface area (Å²) >= 11 is 0. The third kappa shape index (κ3) is 3.04. The van der Waals surface area contributed by atoms with Gasteiger partial charge in [-0.25, -0.2) is 0 Å². The van der Waals surface area contributed by atoms with E-state index in [4.69, 9.17) is 10.5 Å². The van der Waals surface area contributed by atoms with Crippen LogP contribution in [0.1, 0.15) is 18.9 Å². The monoisotopic (exact) mass is 193 g/mol. The van der Waals surface area contributed by atoms with E-state index in [-0.39, 0.29) is 0 Å². The minimum atomic E-state index is 0.585. The number of ether oxygens (including phenoxy) is 1. The van der Waals surface area contributed by atoms with Crippen LogP contribution in [-0.2, 0) is 6.42 Å². The number of benzene rings is 1. The Labute approximate surface area is 86.1 Å². The second-order valence-corrected chi connectivity index (χ2v) is 3.57. The third-order valence-corrected chi connectivity index (χ3v) is 2.57. The highest BCUT2D eigenvalue weighted by Gasteiger charge is 2.05. The second kappa shape index (κ2) is 5.66. The molecule has 0 spiro atoms. The molecule has 1 rings (SSSR count). The van der Waals surface area contributed by atoms with E-state index >= 15 is 0 Å². The van der Waals surface area contributed by atoms with Crippen molar-refractivity contribution in [3.05, 3.63) is 29.8 Å². The van der Waals surface area contributed by atoms with E-state index in [0.717, 1.165) is 25.1 Å². The summed E-state index contributed by atoms with van der Waals surface area (Å²) in [5.41, 5.74) is 6.98. The molecule has 0 amide bonds. The summed E-state index contributed by atoms with van der Waals surface area (Å²) in [5, 5.41) is 0. The first-order valence-corrected chi connectivity index (χ1v) is 5.13. The van der Waals surface area contributed by atoms with Crippen LogP contribution in [0, 0.1) is 5.92 Å². The lowest BCUT2D eigenvalue weighted by Crippen LogP contribution is -2.15. The maximum Gasteiger partial charge on any atom is 0.119 e. The number of hydrogen-bond acceptors (Lipinski definition) is 2. The Bertz CT molecular complexity index is 269. The van der Waals surface area contributed by atoms with Crippen molar-refractivity contribution in [3.8, 4) is 5.75 Å². The van der Waals surface area contributed by atoms with Crippen LogP contribution in [0.25, 0.3) is 0 Å². The molecule has 2 nitrogen and oxygen atoms in total. The lowest BCUT2D eigenvalue weighted by Gasteiger charge is -2.12. The summed E-state index contributed by atoms with van der Waals surface area (Å²) in [7, 11) is 1.69. The largest absolute Gasteiger partial charge is 0.497 e. The van der Waals surface area contributed by atoms with Gasteiger partial charge >= 0.3 is 0 Å². The van der Waals surface area contributed by atoms with Gasteiger partial charge in [-0.1, -0.05) is 25.5 Å². The molecule has 0 bridgehead atoms. The number of hydrogen-bond donors (Lipinski definition) is 1. The molecule has 0 aliphatic carbocycles. The Morgan fingerprint density at radius 1 is 1.43 bits per heavy atom. The molecule has 2 N–H and O–H groups in total. The van der Waals surface area contributed by atoms with Gasteiger partial charge in [0.25, 0.3) is 0 Å². The summed E-state index contributed by atoms with van der Waals surface area (Å²) in [4.78, 5) is 0. The van der Waals surface area contributed by atoms with E-state index in [0.29, 0.717) is 5.92 Å². The van der Waals surface area contributed by atoms with Gasteiger partial charge in [0.05, 0.1) is 7.11 Å². The Kier molecular flexibility index (Phi) is 4.47. The summed E-state index contributed by atoms with van der Waals surface area (Å²) < 4.78 is 5.17. The molecule has 14 heavy (non-hydrogen) atoms. The first-order chi connectivity index (χ1) is 6.80. The zero-order chi connectivity index (χ0) is 10.4. The first kappa shape index (κ1) is 11.1. The molecule has 1 aromatic carbocycles. The lowest BCUT2D eigenvalue weighted by atomic mass is 9.97. The topological polar surface area (TPSA) is 35.2 Å². The van der Waals surface area contributed by atoms with E-state index < -0.39 is 0 Å². The Hall–Kier alpha value is -1.02. The smallest absolute Gasteiger partial charge is 0.119 e. The fourth-order valence-corrected chi connectivity index (χ4v) is 1.53. The van der Waals surface area contributed by atoms with E-state index in [1.54, 1.807) is 7.11 Å². The van der Waals surface area contributed by atoms with Crippen molar-refractivity contribution < 1.29 is 4.74 Å². The molecule has 0 radical (unpaired) electrons. The zero-order valence-electron chi connectivity index (χ0n) is 8.99. The van der Waals surface area contributed by atoms with Crippen molar-refractivity contribution in [1.29, 1.82) is 0 Å². The molecule has 0 aliphatic rings. The van der Waals surface area contributed by atoms with Crippen LogP contribution in [0.15, 0.2) is 24.3 Å². The minimum Gasteiger partial charge on any atom is -0.497 e. The Balaban J connectivity index is 2.65. The van der Waals surface area contributed by atoms with E-state index in [1.807, 2.05) is 12.1 Å². The van der Waals surface area contributed by atoms with Gasteiger partial charge < -0.3 is 10.5 Å². The van der Waals surface area contributed by atoms with Gasteiger partial charge in [-0.2, -0.15) is 0 Å². The van der Waals surface area contributed by atoms with Gasteiger partial charge in [-0.3, -0.25) is 0 Å². The highest BCUT2D eigenvalue weighted by atomic mass is 16.5. The SMILES string of the molecule is CCC(CN)Cc1cccc(OC)c1. The van der Waals surface area contributed by atoms with Crippen molar-refractivity contribution in [2.24, 2.45) is 11.7 Å². The van der Waals surface area contributed by atoms with Gasteiger partial charge in [0.2, 0.25) is 0 Å². The quantitative estimate of drug-likeness (QED) is 0.778. The lowest BCUT2D eigenvalue weighted by molar-refractivity contribution is 0.413. The molecule has 0 aromatic heterocycles. The van der Waals surface area contributed by atoms with Gasteiger partial charge in [-0.05, 0) is 36.6 Å². The van der Waals surface area contributed by atoms with Gasteiger partial charge in [0.1, 0.15) is 5.75 Å². The predicted octanol–water partition coefficient (Wildman–Crippen LogP) is 2.22.